The first-order valence-electron chi connectivity index (χ1n) is 9.33. The lowest BCUT2D eigenvalue weighted by Gasteiger charge is -2.13. The Hall–Kier alpha value is -2.03. The summed E-state index contributed by atoms with van der Waals surface area (Å²) in [6.45, 7) is 6.07. The van der Waals surface area contributed by atoms with E-state index in [1.165, 1.54) is 5.56 Å². The Morgan fingerprint density at radius 3 is 2.64 bits per heavy atom. The molecule has 2 rings (SSSR count). The number of nitrogens with one attached hydrogen (secondary N) is 2. The molecule has 1 aromatic carbocycles. The smallest absolute Gasteiger partial charge is 0.191 e. The van der Waals surface area contributed by atoms with E-state index in [1.54, 1.807) is 14.2 Å². The Balaban J connectivity index is 0.00000392. The van der Waals surface area contributed by atoms with Gasteiger partial charge in [0.2, 0.25) is 0 Å². The van der Waals surface area contributed by atoms with Gasteiger partial charge < -0.3 is 20.1 Å². The first kappa shape index (κ1) is 24.0. The predicted octanol–water partition coefficient (Wildman–Crippen LogP) is 3.71. The van der Waals surface area contributed by atoms with E-state index in [1.807, 2.05) is 38.1 Å². The van der Waals surface area contributed by atoms with E-state index in [0.29, 0.717) is 13.2 Å². The topological polar surface area (TPSA) is 67.8 Å². The summed E-state index contributed by atoms with van der Waals surface area (Å²) in [7, 11) is 3.43. The number of nitrogens with zero attached hydrogens (tertiary/aromatic N) is 2. The largest absolute Gasteiger partial charge is 0.493 e. The highest BCUT2D eigenvalue weighted by atomic mass is 127. The van der Waals surface area contributed by atoms with Crippen molar-refractivity contribution in [1.29, 1.82) is 0 Å². The molecule has 0 fully saturated rings. The zero-order valence-electron chi connectivity index (χ0n) is 17.1. The van der Waals surface area contributed by atoms with Crippen LogP contribution in [-0.4, -0.2) is 38.3 Å². The lowest BCUT2D eigenvalue weighted by Crippen LogP contribution is -2.37. The molecular formula is C21H31IN4O2. The molecule has 7 heteroatoms. The minimum atomic E-state index is 0. The number of hydrogen-bond donors (Lipinski definition) is 2. The van der Waals surface area contributed by atoms with E-state index in [0.717, 1.165) is 48.2 Å². The Morgan fingerprint density at radius 1 is 1.14 bits per heavy atom. The van der Waals surface area contributed by atoms with Crippen LogP contribution in [0.2, 0.25) is 0 Å². The van der Waals surface area contributed by atoms with Gasteiger partial charge in [-0.3, -0.25) is 9.98 Å². The first-order valence-corrected chi connectivity index (χ1v) is 9.33. The number of aromatic nitrogens is 1. The van der Waals surface area contributed by atoms with Gasteiger partial charge in [-0.15, -0.1) is 24.0 Å². The highest BCUT2D eigenvalue weighted by Gasteiger charge is 2.05. The summed E-state index contributed by atoms with van der Waals surface area (Å²) in [6, 6.07) is 12.1. The fraction of sp³-hybridized carbons (Fsp3) is 0.429. The zero-order valence-corrected chi connectivity index (χ0v) is 19.4. The number of benzene rings is 1. The molecular weight excluding hydrogens is 467 g/mol. The fourth-order valence-corrected chi connectivity index (χ4v) is 2.74. The molecule has 0 spiro atoms. The summed E-state index contributed by atoms with van der Waals surface area (Å²) in [5.74, 6) is 2.35. The standard InChI is InChI=1S/C21H30N4O2.HI/c1-5-27-20-14-17(11-12-19(20)26-4)9-7-13-23-21(22-3)24-15-18-10-6-8-16(2)25-18;/h6,8,10-12,14H,5,7,9,13,15H2,1-4H3,(H2,22,23,24);1H. The van der Waals surface area contributed by atoms with Gasteiger partial charge in [0.15, 0.2) is 17.5 Å². The van der Waals surface area contributed by atoms with E-state index in [-0.39, 0.29) is 24.0 Å². The second-order valence-electron chi connectivity index (χ2n) is 6.14. The molecule has 0 bridgehead atoms. The van der Waals surface area contributed by atoms with E-state index >= 15 is 0 Å². The molecule has 0 aliphatic heterocycles. The number of methoxy groups -OCH3 is 1. The SMILES string of the molecule is CCOc1cc(CCCNC(=NC)NCc2cccc(C)n2)ccc1OC.I. The number of ether oxygens (including phenoxy) is 2. The number of aliphatic imine (C=N–C) groups is 1. The Morgan fingerprint density at radius 2 is 1.96 bits per heavy atom. The van der Waals surface area contributed by atoms with Gasteiger partial charge in [0, 0.05) is 19.3 Å². The van der Waals surface area contributed by atoms with Crippen molar-refractivity contribution in [2.75, 3.05) is 27.3 Å². The summed E-state index contributed by atoms with van der Waals surface area (Å²) in [6.07, 6.45) is 1.94. The molecule has 0 aliphatic rings. The normalized spacial score (nSPS) is 10.8. The van der Waals surface area contributed by atoms with Crippen molar-refractivity contribution in [3.63, 3.8) is 0 Å². The summed E-state index contributed by atoms with van der Waals surface area (Å²) >= 11 is 0. The maximum absolute atomic E-state index is 5.64. The van der Waals surface area contributed by atoms with Gasteiger partial charge in [0.05, 0.1) is 26.0 Å². The third-order valence-corrected chi connectivity index (χ3v) is 4.07. The summed E-state index contributed by atoms with van der Waals surface area (Å²) in [5, 5.41) is 6.63. The van der Waals surface area contributed by atoms with Crippen LogP contribution in [0.15, 0.2) is 41.4 Å². The first-order chi connectivity index (χ1) is 13.2. The fourth-order valence-electron chi connectivity index (χ4n) is 2.74. The Kier molecular flexibility index (Phi) is 11.3. The molecule has 0 radical (unpaired) electrons. The van der Waals surface area contributed by atoms with Crippen LogP contribution in [-0.2, 0) is 13.0 Å². The van der Waals surface area contributed by atoms with Crippen LogP contribution in [0.1, 0.15) is 30.3 Å². The lowest BCUT2D eigenvalue weighted by molar-refractivity contribution is 0.310. The number of halogens is 1. The van der Waals surface area contributed by atoms with E-state index in [2.05, 4.69) is 32.7 Å². The highest BCUT2D eigenvalue weighted by molar-refractivity contribution is 14.0. The molecule has 6 nitrogen and oxygen atoms in total. The number of aryl methyl sites for hydroxylation is 2. The lowest BCUT2D eigenvalue weighted by atomic mass is 10.1. The second-order valence-corrected chi connectivity index (χ2v) is 6.14. The average Bonchev–Trinajstić information content (AvgIpc) is 2.68. The van der Waals surface area contributed by atoms with E-state index < -0.39 is 0 Å². The van der Waals surface area contributed by atoms with Gasteiger partial charge in [-0.1, -0.05) is 12.1 Å². The number of hydrogen-bond acceptors (Lipinski definition) is 4. The number of rotatable bonds is 9. The molecule has 154 valence electrons. The molecule has 0 aliphatic carbocycles. The number of pyridine rings is 1. The third-order valence-electron chi connectivity index (χ3n) is 4.07. The predicted molar refractivity (Wildman–Crippen MR) is 125 cm³/mol. The van der Waals surface area contributed by atoms with Crippen LogP contribution in [0.3, 0.4) is 0 Å². The Bertz CT molecular complexity index is 753. The van der Waals surface area contributed by atoms with Crippen molar-refractivity contribution in [1.82, 2.24) is 15.6 Å². The molecule has 0 atom stereocenters. The van der Waals surface area contributed by atoms with Crippen LogP contribution in [0.5, 0.6) is 11.5 Å². The summed E-state index contributed by atoms with van der Waals surface area (Å²) in [4.78, 5) is 8.75. The van der Waals surface area contributed by atoms with Crippen molar-refractivity contribution >= 4 is 29.9 Å². The van der Waals surface area contributed by atoms with Crippen LogP contribution in [0, 0.1) is 6.92 Å². The molecule has 0 amide bonds. The molecule has 1 aromatic heterocycles. The molecule has 0 saturated carbocycles. The van der Waals surface area contributed by atoms with Crippen LogP contribution >= 0.6 is 24.0 Å². The highest BCUT2D eigenvalue weighted by Crippen LogP contribution is 2.28. The molecule has 0 saturated heterocycles. The van der Waals surface area contributed by atoms with Gasteiger partial charge in [-0.2, -0.15) is 0 Å². The van der Waals surface area contributed by atoms with Crippen molar-refractivity contribution in [2.24, 2.45) is 4.99 Å². The van der Waals surface area contributed by atoms with E-state index in [9.17, 15) is 0 Å². The van der Waals surface area contributed by atoms with E-state index in [4.69, 9.17) is 9.47 Å². The summed E-state index contributed by atoms with van der Waals surface area (Å²) in [5.41, 5.74) is 3.25. The summed E-state index contributed by atoms with van der Waals surface area (Å²) < 4.78 is 11.0. The van der Waals surface area contributed by atoms with Crippen molar-refractivity contribution in [3.05, 3.63) is 53.3 Å². The van der Waals surface area contributed by atoms with Gasteiger partial charge in [0.25, 0.3) is 0 Å². The zero-order chi connectivity index (χ0) is 19.5. The van der Waals surface area contributed by atoms with Crippen molar-refractivity contribution in [2.45, 2.75) is 33.2 Å². The molecule has 28 heavy (non-hydrogen) atoms. The van der Waals surface area contributed by atoms with Crippen LogP contribution < -0.4 is 20.1 Å². The minimum Gasteiger partial charge on any atom is -0.493 e. The van der Waals surface area contributed by atoms with Gasteiger partial charge >= 0.3 is 0 Å². The van der Waals surface area contributed by atoms with Gasteiger partial charge in [0.1, 0.15) is 0 Å². The molecule has 0 unspecified atom stereocenters. The van der Waals surface area contributed by atoms with Crippen LogP contribution in [0.4, 0.5) is 0 Å². The van der Waals surface area contributed by atoms with Crippen molar-refractivity contribution in [3.8, 4) is 11.5 Å². The number of guanidine groups is 1. The van der Waals surface area contributed by atoms with Gasteiger partial charge in [-0.25, -0.2) is 0 Å². The molecule has 1 heterocycles. The van der Waals surface area contributed by atoms with Crippen molar-refractivity contribution < 1.29 is 9.47 Å². The third kappa shape index (κ3) is 7.92. The monoisotopic (exact) mass is 498 g/mol. The maximum Gasteiger partial charge on any atom is 0.191 e. The van der Waals surface area contributed by atoms with Crippen LogP contribution in [0.25, 0.3) is 0 Å². The quantitative estimate of drug-likeness (QED) is 0.239. The Labute approximate surface area is 185 Å². The average molecular weight is 498 g/mol. The molecule has 2 aromatic rings. The minimum absolute atomic E-state index is 0. The second kappa shape index (κ2) is 13.2. The maximum atomic E-state index is 5.64. The molecule has 2 N–H and O–H groups in total. The van der Waals surface area contributed by atoms with Gasteiger partial charge in [-0.05, 0) is 56.5 Å².